The van der Waals surface area contributed by atoms with Crippen LogP contribution in [0.15, 0.2) is 18.2 Å². The van der Waals surface area contributed by atoms with E-state index >= 15 is 0 Å². The lowest BCUT2D eigenvalue weighted by molar-refractivity contribution is 0.690. The Labute approximate surface area is 94.4 Å². The van der Waals surface area contributed by atoms with Gasteiger partial charge in [0.15, 0.2) is 0 Å². The van der Waals surface area contributed by atoms with E-state index in [2.05, 4.69) is 5.32 Å². The van der Waals surface area contributed by atoms with Crippen LogP contribution in [0.25, 0.3) is 0 Å². The highest BCUT2D eigenvalue weighted by molar-refractivity contribution is 6.36. The summed E-state index contributed by atoms with van der Waals surface area (Å²) in [6.07, 6.45) is 0.916. The first-order valence-electron chi connectivity index (χ1n) is 4.54. The van der Waals surface area contributed by atoms with E-state index in [0.717, 1.165) is 18.7 Å². The molecule has 0 aliphatic rings. The van der Waals surface area contributed by atoms with Crippen LogP contribution in [-0.4, -0.2) is 12.6 Å². The highest BCUT2D eigenvalue weighted by Gasteiger charge is 2.00. The monoisotopic (exact) mass is 232 g/mol. The van der Waals surface area contributed by atoms with Gasteiger partial charge in [-0.05, 0) is 31.5 Å². The minimum absolute atomic E-state index is 0.202. The number of nitrogens with one attached hydrogen (secondary N) is 1. The number of anilines is 1. The average molecular weight is 233 g/mol. The third-order valence-electron chi connectivity index (χ3n) is 1.85. The lowest BCUT2D eigenvalue weighted by Gasteiger charge is -2.09. The maximum Gasteiger partial charge on any atom is 0.0652 e. The molecule has 0 fully saturated rings. The van der Waals surface area contributed by atoms with Crippen LogP contribution in [0, 0.1) is 0 Å². The van der Waals surface area contributed by atoms with Crippen molar-refractivity contribution in [2.24, 2.45) is 5.73 Å². The molecule has 0 amide bonds. The van der Waals surface area contributed by atoms with E-state index in [0.29, 0.717) is 10.0 Å². The summed E-state index contributed by atoms with van der Waals surface area (Å²) < 4.78 is 0. The molecule has 0 saturated carbocycles. The summed E-state index contributed by atoms with van der Waals surface area (Å²) in [5, 5.41) is 4.49. The number of hydrogen-bond acceptors (Lipinski definition) is 2. The van der Waals surface area contributed by atoms with Gasteiger partial charge in [0, 0.05) is 17.6 Å². The van der Waals surface area contributed by atoms with Crippen molar-refractivity contribution in [3.8, 4) is 0 Å². The molecule has 0 aliphatic carbocycles. The SMILES string of the molecule is CC(N)CCNc1ccc(Cl)cc1Cl. The van der Waals surface area contributed by atoms with Crippen LogP contribution in [0.4, 0.5) is 5.69 Å². The van der Waals surface area contributed by atoms with E-state index in [1.54, 1.807) is 6.07 Å². The molecule has 78 valence electrons. The molecule has 1 aromatic carbocycles. The Morgan fingerprint density at radius 2 is 2.14 bits per heavy atom. The van der Waals surface area contributed by atoms with Crippen molar-refractivity contribution in [1.82, 2.24) is 0 Å². The van der Waals surface area contributed by atoms with Gasteiger partial charge in [0.2, 0.25) is 0 Å². The van der Waals surface area contributed by atoms with Gasteiger partial charge in [0.25, 0.3) is 0 Å². The smallest absolute Gasteiger partial charge is 0.0652 e. The number of hydrogen-bond donors (Lipinski definition) is 2. The van der Waals surface area contributed by atoms with E-state index in [1.165, 1.54) is 0 Å². The van der Waals surface area contributed by atoms with E-state index in [1.807, 2.05) is 19.1 Å². The summed E-state index contributed by atoms with van der Waals surface area (Å²) in [5.41, 5.74) is 6.52. The van der Waals surface area contributed by atoms with Gasteiger partial charge in [0.1, 0.15) is 0 Å². The maximum atomic E-state index is 5.97. The second-order valence-corrected chi connectivity index (χ2v) is 4.16. The summed E-state index contributed by atoms with van der Waals surface area (Å²) >= 11 is 11.7. The first kappa shape index (κ1) is 11.6. The molecule has 1 unspecified atom stereocenters. The molecule has 0 aromatic heterocycles. The number of rotatable bonds is 4. The Bertz CT molecular complexity index is 300. The molecule has 3 N–H and O–H groups in total. The Hall–Kier alpha value is -0.440. The molecule has 0 saturated heterocycles. The predicted octanol–water partition coefficient (Wildman–Crippen LogP) is 3.14. The van der Waals surface area contributed by atoms with Gasteiger partial charge in [-0.3, -0.25) is 0 Å². The van der Waals surface area contributed by atoms with Crippen LogP contribution in [-0.2, 0) is 0 Å². The molecule has 0 spiro atoms. The van der Waals surface area contributed by atoms with Gasteiger partial charge in [-0.1, -0.05) is 23.2 Å². The first-order valence-corrected chi connectivity index (χ1v) is 5.29. The fraction of sp³-hybridized carbons (Fsp3) is 0.400. The van der Waals surface area contributed by atoms with Crippen molar-refractivity contribution in [3.05, 3.63) is 28.2 Å². The normalized spacial score (nSPS) is 12.6. The molecule has 1 atom stereocenters. The third kappa shape index (κ3) is 3.74. The first-order chi connectivity index (χ1) is 6.59. The molecule has 14 heavy (non-hydrogen) atoms. The quantitative estimate of drug-likeness (QED) is 0.838. The molecule has 1 rings (SSSR count). The Morgan fingerprint density at radius 1 is 1.43 bits per heavy atom. The minimum atomic E-state index is 0.202. The summed E-state index contributed by atoms with van der Waals surface area (Å²) in [6.45, 7) is 2.80. The molecular formula is C10H14Cl2N2. The molecule has 0 bridgehead atoms. The van der Waals surface area contributed by atoms with Crippen LogP contribution in [0.1, 0.15) is 13.3 Å². The van der Waals surface area contributed by atoms with Crippen LogP contribution in [0.2, 0.25) is 10.0 Å². The Kier molecular flexibility index (Phi) is 4.52. The van der Waals surface area contributed by atoms with Crippen LogP contribution < -0.4 is 11.1 Å². The summed E-state index contributed by atoms with van der Waals surface area (Å²) in [4.78, 5) is 0. The number of halogens is 2. The number of benzene rings is 1. The van der Waals surface area contributed by atoms with Gasteiger partial charge in [0.05, 0.1) is 10.7 Å². The standard InChI is InChI=1S/C10H14Cl2N2/c1-7(13)4-5-14-10-3-2-8(11)6-9(10)12/h2-3,6-7,14H,4-5,13H2,1H3. The van der Waals surface area contributed by atoms with Gasteiger partial charge in [-0.15, -0.1) is 0 Å². The molecule has 2 nitrogen and oxygen atoms in total. The van der Waals surface area contributed by atoms with Gasteiger partial charge in [-0.2, -0.15) is 0 Å². The summed E-state index contributed by atoms with van der Waals surface area (Å²) in [5.74, 6) is 0. The molecule has 4 heteroatoms. The average Bonchev–Trinajstić information content (AvgIpc) is 2.08. The largest absolute Gasteiger partial charge is 0.384 e. The third-order valence-corrected chi connectivity index (χ3v) is 2.39. The van der Waals surface area contributed by atoms with Crippen molar-refractivity contribution in [2.75, 3.05) is 11.9 Å². The number of nitrogens with two attached hydrogens (primary N) is 1. The van der Waals surface area contributed by atoms with Crippen LogP contribution >= 0.6 is 23.2 Å². The van der Waals surface area contributed by atoms with Crippen molar-refractivity contribution in [2.45, 2.75) is 19.4 Å². The second-order valence-electron chi connectivity index (χ2n) is 3.32. The molecule has 1 aromatic rings. The lowest BCUT2D eigenvalue weighted by atomic mass is 10.2. The van der Waals surface area contributed by atoms with E-state index in [4.69, 9.17) is 28.9 Å². The zero-order valence-electron chi connectivity index (χ0n) is 8.06. The van der Waals surface area contributed by atoms with E-state index < -0.39 is 0 Å². The zero-order chi connectivity index (χ0) is 10.6. The zero-order valence-corrected chi connectivity index (χ0v) is 9.57. The van der Waals surface area contributed by atoms with Crippen LogP contribution in [0.5, 0.6) is 0 Å². The fourth-order valence-corrected chi connectivity index (χ4v) is 1.54. The van der Waals surface area contributed by atoms with Crippen molar-refractivity contribution < 1.29 is 0 Å². The Morgan fingerprint density at radius 3 is 2.71 bits per heavy atom. The molecule has 0 heterocycles. The second kappa shape index (κ2) is 5.44. The molecule has 0 radical (unpaired) electrons. The van der Waals surface area contributed by atoms with Gasteiger partial charge < -0.3 is 11.1 Å². The highest BCUT2D eigenvalue weighted by Crippen LogP contribution is 2.25. The molecule has 0 aliphatic heterocycles. The topological polar surface area (TPSA) is 38.0 Å². The van der Waals surface area contributed by atoms with E-state index in [9.17, 15) is 0 Å². The van der Waals surface area contributed by atoms with E-state index in [-0.39, 0.29) is 6.04 Å². The summed E-state index contributed by atoms with van der Waals surface area (Å²) in [6, 6.07) is 5.60. The van der Waals surface area contributed by atoms with Crippen molar-refractivity contribution >= 4 is 28.9 Å². The van der Waals surface area contributed by atoms with Gasteiger partial charge in [-0.25, -0.2) is 0 Å². The summed E-state index contributed by atoms with van der Waals surface area (Å²) in [7, 11) is 0. The van der Waals surface area contributed by atoms with Gasteiger partial charge >= 0.3 is 0 Å². The fourth-order valence-electron chi connectivity index (χ4n) is 1.07. The van der Waals surface area contributed by atoms with Crippen molar-refractivity contribution in [3.63, 3.8) is 0 Å². The maximum absolute atomic E-state index is 5.97. The Balaban J connectivity index is 2.51. The van der Waals surface area contributed by atoms with Crippen LogP contribution in [0.3, 0.4) is 0 Å². The highest BCUT2D eigenvalue weighted by atomic mass is 35.5. The van der Waals surface area contributed by atoms with Crippen molar-refractivity contribution in [1.29, 1.82) is 0 Å². The molecular weight excluding hydrogens is 219 g/mol. The minimum Gasteiger partial charge on any atom is -0.384 e. The lowest BCUT2D eigenvalue weighted by Crippen LogP contribution is -2.19. The predicted molar refractivity (Wildman–Crippen MR) is 63.2 cm³/mol.